The van der Waals surface area contributed by atoms with Gasteiger partial charge in [-0.05, 0) is 36.1 Å². The third-order valence-electron chi connectivity index (χ3n) is 2.58. The number of nitrogens with zero attached hydrogens (tertiary/aromatic N) is 3. The maximum atomic E-state index is 11.7. The Labute approximate surface area is 120 Å². The Morgan fingerprint density at radius 3 is 2.42 bits per heavy atom. The number of hydrogen-bond acceptors (Lipinski definition) is 4. The molecular weight excluding hydrogens is 314 g/mol. The van der Waals surface area contributed by atoms with Crippen LogP contribution in [0, 0.1) is 10.1 Å². The van der Waals surface area contributed by atoms with Crippen LogP contribution in [0.2, 0.25) is 0 Å². The standard InChI is InChI=1S/C12H16BrN3O3/c1-9(17)15(7-6-14(2)3)12-5-4-10(16(18)19)8-11(12)13/h4-5,8H,6-7H2,1-3H3. The SMILES string of the molecule is CC(=O)N(CCN(C)C)c1ccc([N+](=O)[O-])cc1Br. The smallest absolute Gasteiger partial charge is 0.270 e. The largest absolute Gasteiger partial charge is 0.310 e. The van der Waals surface area contributed by atoms with Gasteiger partial charge in [-0.15, -0.1) is 0 Å². The first-order valence-electron chi connectivity index (χ1n) is 5.69. The summed E-state index contributed by atoms with van der Waals surface area (Å²) < 4.78 is 0.538. The van der Waals surface area contributed by atoms with E-state index in [-0.39, 0.29) is 11.6 Å². The molecule has 1 amide bonds. The number of rotatable bonds is 5. The Morgan fingerprint density at radius 2 is 2.00 bits per heavy atom. The summed E-state index contributed by atoms with van der Waals surface area (Å²) in [5.74, 6) is -0.101. The van der Waals surface area contributed by atoms with Gasteiger partial charge in [-0.2, -0.15) is 0 Å². The first-order chi connectivity index (χ1) is 8.82. The number of anilines is 1. The molecule has 0 N–H and O–H groups in total. The van der Waals surface area contributed by atoms with Crippen molar-refractivity contribution in [2.45, 2.75) is 6.92 Å². The summed E-state index contributed by atoms with van der Waals surface area (Å²) in [6.45, 7) is 2.71. The van der Waals surface area contributed by atoms with E-state index >= 15 is 0 Å². The molecule has 0 fully saturated rings. The van der Waals surface area contributed by atoms with Gasteiger partial charge < -0.3 is 9.80 Å². The molecule has 1 aromatic carbocycles. The van der Waals surface area contributed by atoms with Gasteiger partial charge in [0, 0.05) is 36.6 Å². The van der Waals surface area contributed by atoms with Gasteiger partial charge >= 0.3 is 0 Å². The third kappa shape index (κ3) is 4.29. The Hall–Kier alpha value is -1.47. The fourth-order valence-corrected chi connectivity index (χ4v) is 2.16. The van der Waals surface area contributed by atoms with Crippen LogP contribution in [0.4, 0.5) is 11.4 Å². The van der Waals surface area contributed by atoms with E-state index < -0.39 is 4.92 Å². The van der Waals surface area contributed by atoms with Crippen LogP contribution in [-0.2, 0) is 4.79 Å². The minimum Gasteiger partial charge on any atom is -0.310 e. The molecule has 1 aromatic rings. The Kier molecular flexibility index (Phi) is 5.44. The van der Waals surface area contributed by atoms with Gasteiger partial charge in [0.15, 0.2) is 0 Å². The number of nitro benzene ring substituents is 1. The van der Waals surface area contributed by atoms with E-state index in [4.69, 9.17) is 0 Å². The molecule has 0 saturated heterocycles. The number of nitro groups is 1. The fraction of sp³-hybridized carbons (Fsp3) is 0.417. The lowest BCUT2D eigenvalue weighted by Crippen LogP contribution is -2.35. The summed E-state index contributed by atoms with van der Waals surface area (Å²) in [5.41, 5.74) is 0.631. The van der Waals surface area contributed by atoms with Crippen molar-refractivity contribution in [3.05, 3.63) is 32.8 Å². The van der Waals surface area contributed by atoms with Gasteiger partial charge in [-0.3, -0.25) is 14.9 Å². The zero-order chi connectivity index (χ0) is 14.6. The van der Waals surface area contributed by atoms with Crippen molar-refractivity contribution < 1.29 is 9.72 Å². The molecule has 0 aliphatic carbocycles. The Bertz CT molecular complexity index is 491. The predicted molar refractivity (Wildman–Crippen MR) is 77.4 cm³/mol. The summed E-state index contributed by atoms with van der Waals surface area (Å²) in [6, 6.07) is 4.38. The highest BCUT2D eigenvalue weighted by molar-refractivity contribution is 9.10. The van der Waals surface area contributed by atoms with Crippen molar-refractivity contribution in [3.8, 4) is 0 Å². The summed E-state index contributed by atoms with van der Waals surface area (Å²) in [5, 5.41) is 10.7. The summed E-state index contributed by atoms with van der Waals surface area (Å²) >= 11 is 3.28. The van der Waals surface area contributed by atoms with Crippen LogP contribution in [0.25, 0.3) is 0 Å². The topological polar surface area (TPSA) is 66.7 Å². The molecule has 0 saturated carbocycles. The van der Waals surface area contributed by atoms with Crippen molar-refractivity contribution in [1.82, 2.24) is 4.90 Å². The lowest BCUT2D eigenvalue weighted by molar-refractivity contribution is -0.384. The molecule has 0 bridgehead atoms. The maximum Gasteiger partial charge on any atom is 0.270 e. The zero-order valence-corrected chi connectivity index (χ0v) is 12.7. The van der Waals surface area contributed by atoms with Crippen LogP contribution >= 0.6 is 15.9 Å². The summed E-state index contributed by atoms with van der Waals surface area (Å²) in [4.78, 5) is 25.5. The van der Waals surface area contributed by atoms with Gasteiger partial charge in [0.1, 0.15) is 0 Å². The first-order valence-corrected chi connectivity index (χ1v) is 6.49. The number of carbonyl (C=O) groups is 1. The molecule has 0 spiro atoms. The minimum absolute atomic E-state index is 0.00765. The number of carbonyl (C=O) groups excluding carboxylic acids is 1. The van der Waals surface area contributed by atoms with E-state index in [1.54, 1.807) is 11.0 Å². The molecule has 0 radical (unpaired) electrons. The molecule has 0 heterocycles. The Morgan fingerprint density at radius 1 is 1.37 bits per heavy atom. The Balaban J connectivity index is 3.03. The van der Waals surface area contributed by atoms with E-state index in [0.717, 1.165) is 0 Å². The number of amides is 1. The van der Waals surface area contributed by atoms with Gasteiger partial charge in [0.05, 0.1) is 10.6 Å². The summed E-state index contributed by atoms with van der Waals surface area (Å²) in [7, 11) is 3.84. The second kappa shape index (κ2) is 6.63. The molecule has 0 aliphatic heterocycles. The van der Waals surface area contributed by atoms with E-state index in [0.29, 0.717) is 23.2 Å². The van der Waals surface area contributed by atoms with Crippen LogP contribution in [0.1, 0.15) is 6.92 Å². The summed E-state index contributed by atoms with van der Waals surface area (Å²) in [6.07, 6.45) is 0. The molecule has 0 aromatic heterocycles. The van der Waals surface area contributed by atoms with Crippen LogP contribution in [0.3, 0.4) is 0 Å². The normalized spacial score (nSPS) is 10.6. The molecule has 0 atom stereocenters. The molecule has 19 heavy (non-hydrogen) atoms. The second-order valence-corrected chi connectivity index (χ2v) is 5.22. The average Bonchev–Trinajstić information content (AvgIpc) is 2.30. The van der Waals surface area contributed by atoms with Crippen molar-refractivity contribution in [2.24, 2.45) is 0 Å². The predicted octanol–water partition coefficient (Wildman–Crippen LogP) is 2.27. The van der Waals surface area contributed by atoms with Crippen molar-refractivity contribution in [2.75, 3.05) is 32.1 Å². The van der Waals surface area contributed by atoms with Crippen molar-refractivity contribution >= 4 is 33.2 Å². The zero-order valence-electron chi connectivity index (χ0n) is 11.1. The van der Waals surface area contributed by atoms with E-state index in [9.17, 15) is 14.9 Å². The van der Waals surface area contributed by atoms with Crippen LogP contribution in [-0.4, -0.2) is 42.9 Å². The van der Waals surface area contributed by atoms with E-state index in [2.05, 4.69) is 15.9 Å². The van der Waals surface area contributed by atoms with Crippen LogP contribution in [0.5, 0.6) is 0 Å². The number of hydrogen-bond donors (Lipinski definition) is 0. The molecule has 104 valence electrons. The van der Waals surface area contributed by atoms with Gasteiger partial charge in [0.25, 0.3) is 5.69 Å². The molecular formula is C12H16BrN3O3. The third-order valence-corrected chi connectivity index (χ3v) is 3.22. The molecule has 0 unspecified atom stereocenters. The van der Waals surface area contributed by atoms with E-state index in [1.165, 1.54) is 19.1 Å². The van der Waals surface area contributed by atoms with Crippen molar-refractivity contribution in [3.63, 3.8) is 0 Å². The molecule has 1 rings (SSSR count). The monoisotopic (exact) mass is 329 g/mol. The quantitative estimate of drug-likeness (QED) is 0.614. The number of benzene rings is 1. The maximum absolute atomic E-state index is 11.7. The minimum atomic E-state index is -0.466. The van der Waals surface area contributed by atoms with Crippen LogP contribution in [0.15, 0.2) is 22.7 Å². The highest BCUT2D eigenvalue weighted by atomic mass is 79.9. The number of likely N-dealkylation sites (N-methyl/N-ethyl adjacent to an activating group) is 1. The van der Waals surface area contributed by atoms with E-state index in [1.807, 2.05) is 19.0 Å². The number of non-ortho nitro benzene ring substituents is 1. The highest BCUT2D eigenvalue weighted by Crippen LogP contribution is 2.30. The van der Waals surface area contributed by atoms with Gasteiger partial charge in [-0.25, -0.2) is 0 Å². The second-order valence-electron chi connectivity index (χ2n) is 4.37. The first kappa shape index (κ1) is 15.6. The molecule has 0 aliphatic rings. The molecule has 6 nitrogen and oxygen atoms in total. The lowest BCUT2D eigenvalue weighted by atomic mass is 10.2. The van der Waals surface area contributed by atoms with Gasteiger partial charge in [-0.1, -0.05) is 0 Å². The fourth-order valence-electron chi connectivity index (χ4n) is 1.58. The number of halogens is 1. The lowest BCUT2D eigenvalue weighted by Gasteiger charge is -2.24. The highest BCUT2D eigenvalue weighted by Gasteiger charge is 2.17. The van der Waals surface area contributed by atoms with Crippen LogP contribution < -0.4 is 4.90 Å². The van der Waals surface area contributed by atoms with Crippen molar-refractivity contribution in [1.29, 1.82) is 0 Å². The molecule has 7 heteroatoms. The average molecular weight is 330 g/mol. The van der Waals surface area contributed by atoms with Gasteiger partial charge in [0.2, 0.25) is 5.91 Å².